The SMILES string of the molecule is COc1cccc(CN/C=C(/C#N)C(=O)N2CCN(CCN)CC2)c1. The van der Waals surface area contributed by atoms with Crippen molar-refractivity contribution in [3.8, 4) is 11.8 Å². The van der Waals surface area contributed by atoms with E-state index >= 15 is 0 Å². The summed E-state index contributed by atoms with van der Waals surface area (Å²) in [4.78, 5) is 16.4. The van der Waals surface area contributed by atoms with E-state index in [2.05, 4.69) is 10.2 Å². The Kier molecular flexibility index (Phi) is 7.26. The van der Waals surface area contributed by atoms with Crippen LogP contribution in [-0.4, -0.2) is 62.1 Å². The van der Waals surface area contributed by atoms with Gasteiger partial charge in [-0.2, -0.15) is 5.26 Å². The molecule has 7 nitrogen and oxygen atoms in total. The van der Waals surface area contributed by atoms with E-state index in [4.69, 9.17) is 10.5 Å². The molecule has 1 amide bonds. The number of amides is 1. The van der Waals surface area contributed by atoms with Gasteiger partial charge >= 0.3 is 0 Å². The van der Waals surface area contributed by atoms with Crippen LogP contribution in [0.5, 0.6) is 5.75 Å². The van der Waals surface area contributed by atoms with Crippen molar-refractivity contribution in [2.75, 3.05) is 46.4 Å². The van der Waals surface area contributed by atoms with Gasteiger partial charge in [0.25, 0.3) is 5.91 Å². The Morgan fingerprint density at radius 2 is 2.16 bits per heavy atom. The van der Waals surface area contributed by atoms with E-state index in [9.17, 15) is 10.1 Å². The molecule has 1 aliphatic heterocycles. The molecule has 0 radical (unpaired) electrons. The molecule has 1 fully saturated rings. The molecule has 1 aromatic carbocycles. The summed E-state index contributed by atoms with van der Waals surface area (Å²) < 4.78 is 5.18. The maximum Gasteiger partial charge on any atom is 0.266 e. The minimum atomic E-state index is -0.229. The van der Waals surface area contributed by atoms with E-state index in [1.165, 1.54) is 6.20 Å². The van der Waals surface area contributed by atoms with Gasteiger partial charge in [-0.15, -0.1) is 0 Å². The predicted molar refractivity (Wildman–Crippen MR) is 95.6 cm³/mol. The Morgan fingerprint density at radius 1 is 1.40 bits per heavy atom. The zero-order valence-electron chi connectivity index (χ0n) is 14.6. The Morgan fingerprint density at radius 3 is 2.80 bits per heavy atom. The maximum atomic E-state index is 12.5. The average molecular weight is 343 g/mol. The predicted octanol–water partition coefficient (Wildman–Crippen LogP) is 0.295. The summed E-state index contributed by atoms with van der Waals surface area (Å²) in [6, 6.07) is 9.62. The molecular formula is C18H25N5O2. The fourth-order valence-electron chi connectivity index (χ4n) is 2.72. The van der Waals surface area contributed by atoms with Crippen molar-refractivity contribution < 1.29 is 9.53 Å². The Hall–Kier alpha value is -2.56. The highest BCUT2D eigenvalue weighted by atomic mass is 16.5. The maximum absolute atomic E-state index is 12.5. The third-order valence-electron chi connectivity index (χ3n) is 4.14. The number of carbonyl (C=O) groups excluding carboxylic acids is 1. The lowest BCUT2D eigenvalue weighted by atomic mass is 10.2. The molecule has 1 aromatic rings. The second kappa shape index (κ2) is 9.67. The van der Waals surface area contributed by atoms with Crippen LogP contribution in [0.1, 0.15) is 5.56 Å². The molecule has 0 bridgehead atoms. The van der Waals surface area contributed by atoms with Crippen LogP contribution in [0.15, 0.2) is 36.0 Å². The van der Waals surface area contributed by atoms with Crippen molar-refractivity contribution in [3.05, 3.63) is 41.6 Å². The minimum Gasteiger partial charge on any atom is -0.497 e. The molecule has 7 heteroatoms. The van der Waals surface area contributed by atoms with Crippen molar-refractivity contribution in [2.24, 2.45) is 5.73 Å². The summed E-state index contributed by atoms with van der Waals surface area (Å²) in [6.45, 7) is 4.79. The molecule has 1 aliphatic rings. The van der Waals surface area contributed by atoms with Crippen LogP contribution in [-0.2, 0) is 11.3 Å². The van der Waals surface area contributed by atoms with Gasteiger partial charge in [-0.05, 0) is 17.7 Å². The Labute approximate surface area is 148 Å². The zero-order chi connectivity index (χ0) is 18.1. The van der Waals surface area contributed by atoms with Gasteiger partial charge < -0.3 is 20.7 Å². The van der Waals surface area contributed by atoms with Gasteiger partial charge in [0, 0.05) is 52.0 Å². The van der Waals surface area contributed by atoms with E-state index in [1.807, 2.05) is 30.3 Å². The zero-order valence-corrected chi connectivity index (χ0v) is 14.6. The largest absolute Gasteiger partial charge is 0.497 e. The molecule has 0 spiro atoms. The van der Waals surface area contributed by atoms with Gasteiger partial charge in [0.1, 0.15) is 17.4 Å². The highest BCUT2D eigenvalue weighted by Gasteiger charge is 2.23. The second-order valence-corrected chi connectivity index (χ2v) is 5.82. The first-order chi connectivity index (χ1) is 12.2. The average Bonchev–Trinajstić information content (AvgIpc) is 2.66. The summed E-state index contributed by atoms with van der Waals surface area (Å²) in [6.07, 6.45) is 1.49. The quantitative estimate of drug-likeness (QED) is 0.546. The van der Waals surface area contributed by atoms with Gasteiger partial charge in [-0.3, -0.25) is 9.69 Å². The number of nitrogens with one attached hydrogen (secondary N) is 1. The second-order valence-electron chi connectivity index (χ2n) is 5.82. The number of ether oxygens (including phenoxy) is 1. The van der Waals surface area contributed by atoms with Crippen molar-refractivity contribution in [3.63, 3.8) is 0 Å². The number of nitriles is 1. The van der Waals surface area contributed by atoms with Gasteiger partial charge in [0.15, 0.2) is 0 Å². The number of nitrogens with zero attached hydrogens (tertiary/aromatic N) is 3. The van der Waals surface area contributed by atoms with Crippen LogP contribution in [0.4, 0.5) is 0 Å². The summed E-state index contributed by atoms with van der Waals surface area (Å²) >= 11 is 0. The van der Waals surface area contributed by atoms with E-state index in [0.717, 1.165) is 30.9 Å². The molecular weight excluding hydrogens is 318 g/mol. The molecule has 0 saturated carbocycles. The molecule has 134 valence electrons. The molecule has 3 N–H and O–H groups in total. The third-order valence-corrected chi connectivity index (χ3v) is 4.14. The number of hydrogen-bond donors (Lipinski definition) is 2. The van der Waals surface area contributed by atoms with Crippen LogP contribution >= 0.6 is 0 Å². The monoisotopic (exact) mass is 343 g/mol. The van der Waals surface area contributed by atoms with Crippen LogP contribution in [0.2, 0.25) is 0 Å². The highest BCUT2D eigenvalue weighted by Crippen LogP contribution is 2.12. The molecule has 0 atom stereocenters. The van der Waals surface area contributed by atoms with Crippen LogP contribution in [0.25, 0.3) is 0 Å². The normalized spacial score (nSPS) is 15.6. The molecule has 25 heavy (non-hydrogen) atoms. The number of carbonyl (C=O) groups is 1. The molecule has 0 aromatic heterocycles. The van der Waals surface area contributed by atoms with Crippen molar-refractivity contribution in [1.82, 2.24) is 15.1 Å². The first-order valence-electron chi connectivity index (χ1n) is 8.36. The minimum absolute atomic E-state index is 0.121. The topological polar surface area (TPSA) is 94.6 Å². The fourth-order valence-corrected chi connectivity index (χ4v) is 2.72. The van der Waals surface area contributed by atoms with Crippen molar-refractivity contribution >= 4 is 5.91 Å². The van der Waals surface area contributed by atoms with E-state index < -0.39 is 0 Å². The number of methoxy groups -OCH3 is 1. The fraction of sp³-hybridized carbons (Fsp3) is 0.444. The number of nitrogens with two attached hydrogens (primary N) is 1. The van der Waals surface area contributed by atoms with Crippen LogP contribution in [0, 0.1) is 11.3 Å². The summed E-state index contributed by atoms with van der Waals surface area (Å²) in [5, 5.41) is 12.3. The number of benzene rings is 1. The van der Waals surface area contributed by atoms with E-state index in [-0.39, 0.29) is 11.5 Å². The molecule has 0 aliphatic carbocycles. The first kappa shape index (κ1) is 18.8. The molecule has 1 saturated heterocycles. The first-order valence-corrected chi connectivity index (χ1v) is 8.36. The Balaban J connectivity index is 1.89. The summed E-state index contributed by atoms with van der Waals surface area (Å²) in [7, 11) is 1.62. The number of hydrogen-bond acceptors (Lipinski definition) is 6. The molecule has 0 unspecified atom stereocenters. The van der Waals surface area contributed by atoms with Gasteiger partial charge in [0.05, 0.1) is 7.11 Å². The van der Waals surface area contributed by atoms with Crippen molar-refractivity contribution in [1.29, 1.82) is 5.26 Å². The number of rotatable bonds is 7. The Bertz CT molecular complexity index is 645. The molecule has 1 heterocycles. The van der Waals surface area contributed by atoms with Gasteiger partial charge in [-0.25, -0.2) is 0 Å². The van der Waals surface area contributed by atoms with Crippen molar-refractivity contribution in [2.45, 2.75) is 6.54 Å². The lowest BCUT2D eigenvalue weighted by Gasteiger charge is -2.34. The summed E-state index contributed by atoms with van der Waals surface area (Å²) in [5.74, 6) is 0.545. The van der Waals surface area contributed by atoms with Crippen LogP contribution < -0.4 is 15.8 Å². The van der Waals surface area contributed by atoms with Gasteiger partial charge in [0.2, 0.25) is 0 Å². The molecule has 2 rings (SSSR count). The lowest BCUT2D eigenvalue weighted by molar-refractivity contribution is -0.128. The smallest absolute Gasteiger partial charge is 0.266 e. The standard InChI is InChI=1S/C18H25N5O2/c1-25-17-4-2-3-15(11-17)13-21-14-16(12-20)18(24)23-9-7-22(6-5-19)8-10-23/h2-4,11,14,21H,5-10,13,19H2,1H3/b16-14-. The van der Waals surface area contributed by atoms with Gasteiger partial charge in [-0.1, -0.05) is 12.1 Å². The summed E-state index contributed by atoms with van der Waals surface area (Å²) in [5.41, 5.74) is 6.68. The van der Waals surface area contributed by atoms with Crippen LogP contribution in [0.3, 0.4) is 0 Å². The van der Waals surface area contributed by atoms with E-state index in [1.54, 1.807) is 12.0 Å². The van der Waals surface area contributed by atoms with E-state index in [0.29, 0.717) is 26.2 Å². The highest BCUT2D eigenvalue weighted by molar-refractivity contribution is 5.97. The third kappa shape index (κ3) is 5.48. The number of piperazine rings is 1. The lowest BCUT2D eigenvalue weighted by Crippen LogP contribution is -2.50.